The lowest BCUT2D eigenvalue weighted by molar-refractivity contribution is -0.708. The summed E-state index contributed by atoms with van der Waals surface area (Å²) in [5, 5.41) is 4.41. The zero-order chi connectivity index (χ0) is 13.6. The number of amides is 1. The van der Waals surface area contributed by atoms with Gasteiger partial charge in [-0.3, -0.25) is 4.79 Å². The van der Waals surface area contributed by atoms with Crippen molar-refractivity contribution in [3.8, 4) is 0 Å². The van der Waals surface area contributed by atoms with Crippen molar-refractivity contribution in [1.29, 1.82) is 0 Å². The molecule has 0 spiro atoms. The fourth-order valence-electron chi connectivity index (χ4n) is 1.41. The number of rotatable bonds is 6. The van der Waals surface area contributed by atoms with Crippen molar-refractivity contribution in [1.82, 2.24) is 5.32 Å². The molecule has 1 aromatic rings. The van der Waals surface area contributed by atoms with Crippen LogP contribution in [0.1, 0.15) is 25.5 Å². The van der Waals surface area contributed by atoms with Crippen LogP contribution in [0.4, 0.5) is 0 Å². The van der Waals surface area contributed by atoms with Gasteiger partial charge in [-0.2, -0.15) is 0 Å². The van der Waals surface area contributed by atoms with Crippen molar-refractivity contribution in [2.75, 3.05) is 0 Å². The van der Waals surface area contributed by atoms with E-state index in [0.717, 1.165) is 12.2 Å². The Balaban J connectivity index is 2.53. The smallest absolute Gasteiger partial charge is 0.262 e. The molecule has 1 rings (SSSR count). The van der Waals surface area contributed by atoms with Crippen LogP contribution >= 0.6 is 34.8 Å². The number of nitrogens with one attached hydrogen (secondary N) is 1. The summed E-state index contributed by atoms with van der Waals surface area (Å²) in [6.45, 7) is 2.40. The molecule has 1 aromatic heterocycles. The lowest BCUT2D eigenvalue weighted by atomic mass is 10.3. The Morgan fingerprint density at radius 1 is 1.56 bits per heavy atom. The van der Waals surface area contributed by atoms with Gasteiger partial charge in [0.15, 0.2) is 5.76 Å². The summed E-state index contributed by atoms with van der Waals surface area (Å²) in [5.74, 6) is 0.614. The molecule has 0 aliphatic rings. The highest BCUT2D eigenvalue weighted by atomic mass is 35.6. The summed E-state index contributed by atoms with van der Waals surface area (Å²) in [4.78, 5) is 11.5. The average molecular weight is 315 g/mol. The number of nitrogens with two attached hydrogens (primary N) is 1. The molecular weight excluding hydrogens is 298 g/mol. The number of furan rings is 1. The quantitative estimate of drug-likeness (QED) is 0.623. The van der Waals surface area contributed by atoms with Crippen molar-refractivity contribution >= 4 is 40.7 Å². The summed E-state index contributed by atoms with van der Waals surface area (Å²) in [7, 11) is 0. The summed E-state index contributed by atoms with van der Waals surface area (Å²) < 4.78 is 3.60. The molecule has 3 N–H and O–H groups in total. The fraction of sp³-hybridized carbons (Fsp3) is 0.545. The highest BCUT2D eigenvalue weighted by molar-refractivity contribution is 6.68. The summed E-state index contributed by atoms with van der Waals surface area (Å²) in [5.41, 5.74) is 0. The minimum Gasteiger partial charge on any atom is -0.463 e. The molecule has 18 heavy (non-hydrogen) atoms. The lowest BCUT2D eigenvalue weighted by Gasteiger charge is -2.22. The Kier molecular flexibility index (Phi) is 6.29. The van der Waals surface area contributed by atoms with Crippen molar-refractivity contribution in [2.45, 2.75) is 36.3 Å². The zero-order valence-electron chi connectivity index (χ0n) is 9.96. The second-order valence-corrected chi connectivity index (χ2v) is 6.22. The number of hydrogen-bond donors (Lipinski definition) is 2. The molecule has 1 heterocycles. The maximum Gasteiger partial charge on any atom is 0.262 e. The predicted molar refractivity (Wildman–Crippen MR) is 71.5 cm³/mol. The van der Waals surface area contributed by atoms with Gasteiger partial charge in [0, 0.05) is 6.42 Å². The standard InChI is InChI=1S/C11H15Cl3N2O2/c1-2-4-9(17)16-10(11(12,13)14)15-7-8-5-3-6-18-8/h3,5-6,10,15H,2,4,7H2,1H3,(H,16,17)/p+1/t10-/m1/s1. The highest BCUT2D eigenvalue weighted by Crippen LogP contribution is 2.27. The van der Waals surface area contributed by atoms with Crippen LogP contribution < -0.4 is 10.6 Å². The minimum atomic E-state index is -1.57. The molecule has 0 bridgehead atoms. The van der Waals surface area contributed by atoms with E-state index in [9.17, 15) is 4.79 Å². The molecule has 0 aliphatic carbocycles. The van der Waals surface area contributed by atoms with Crippen LogP contribution in [0.25, 0.3) is 0 Å². The zero-order valence-corrected chi connectivity index (χ0v) is 12.2. The largest absolute Gasteiger partial charge is 0.463 e. The SMILES string of the molecule is CCCC(=O)N[C@@H]([NH2+]Cc1ccco1)C(Cl)(Cl)Cl. The van der Waals surface area contributed by atoms with Crippen molar-refractivity contribution in [2.24, 2.45) is 0 Å². The Labute approximate surface area is 121 Å². The van der Waals surface area contributed by atoms with Gasteiger partial charge in [0.1, 0.15) is 6.54 Å². The van der Waals surface area contributed by atoms with Crippen LogP contribution in [0.2, 0.25) is 0 Å². The molecule has 1 amide bonds. The van der Waals surface area contributed by atoms with Gasteiger partial charge in [0.05, 0.1) is 6.26 Å². The van der Waals surface area contributed by atoms with E-state index in [1.807, 2.05) is 13.0 Å². The van der Waals surface area contributed by atoms with Crippen LogP contribution in [-0.2, 0) is 11.3 Å². The van der Waals surface area contributed by atoms with Gasteiger partial charge in [-0.1, -0.05) is 41.7 Å². The minimum absolute atomic E-state index is 0.135. The van der Waals surface area contributed by atoms with Crippen LogP contribution in [0.15, 0.2) is 22.8 Å². The summed E-state index contributed by atoms with van der Waals surface area (Å²) in [6.07, 6.45) is 2.08. The first-order valence-electron chi connectivity index (χ1n) is 5.65. The molecule has 102 valence electrons. The van der Waals surface area contributed by atoms with Crippen LogP contribution in [0.3, 0.4) is 0 Å². The van der Waals surface area contributed by atoms with E-state index in [1.165, 1.54) is 0 Å². The number of carbonyl (C=O) groups is 1. The second kappa shape index (κ2) is 7.24. The number of halogens is 3. The fourth-order valence-corrected chi connectivity index (χ4v) is 1.84. The first-order chi connectivity index (χ1) is 8.43. The van der Waals surface area contributed by atoms with E-state index in [4.69, 9.17) is 39.2 Å². The average Bonchev–Trinajstić information content (AvgIpc) is 2.75. The molecule has 0 saturated carbocycles. The maximum atomic E-state index is 11.5. The Morgan fingerprint density at radius 2 is 2.28 bits per heavy atom. The highest BCUT2D eigenvalue weighted by Gasteiger charge is 2.37. The molecule has 0 unspecified atom stereocenters. The van der Waals surface area contributed by atoms with E-state index in [-0.39, 0.29) is 5.91 Å². The molecule has 0 aromatic carbocycles. The monoisotopic (exact) mass is 313 g/mol. The topological polar surface area (TPSA) is 58.9 Å². The van der Waals surface area contributed by atoms with Gasteiger partial charge in [0.25, 0.3) is 3.79 Å². The maximum absolute atomic E-state index is 11.5. The number of hydrogen-bond acceptors (Lipinski definition) is 2. The first-order valence-corrected chi connectivity index (χ1v) is 6.78. The van der Waals surface area contributed by atoms with Crippen molar-refractivity contribution in [3.05, 3.63) is 24.2 Å². The Bertz CT molecular complexity index is 363. The number of carbonyl (C=O) groups excluding carboxylic acids is 1. The number of alkyl halides is 3. The van der Waals surface area contributed by atoms with E-state index < -0.39 is 9.96 Å². The first kappa shape index (κ1) is 15.6. The molecule has 7 heteroatoms. The predicted octanol–water partition coefficient (Wildman–Crippen LogP) is 1.96. The van der Waals surface area contributed by atoms with E-state index in [2.05, 4.69) is 5.32 Å². The van der Waals surface area contributed by atoms with Crippen molar-refractivity contribution in [3.63, 3.8) is 0 Å². The van der Waals surface area contributed by atoms with Gasteiger partial charge in [-0.05, 0) is 18.6 Å². The van der Waals surface area contributed by atoms with Crippen LogP contribution in [0, 0.1) is 0 Å². The molecule has 1 atom stereocenters. The van der Waals surface area contributed by atoms with E-state index in [0.29, 0.717) is 13.0 Å². The summed E-state index contributed by atoms with van der Waals surface area (Å²) in [6, 6.07) is 3.60. The van der Waals surface area contributed by atoms with E-state index in [1.54, 1.807) is 17.6 Å². The molecule has 0 radical (unpaired) electrons. The molecule has 0 fully saturated rings. The molecular formula is C11H16Cl3N2O2+. The van der Waals surface area contributed by atoms with Gasteiger partial charge in [-0.25, -0.2) is 0 Å². The molecule has 4 nitrogen and oxygen atoms in total. The molecule has 0 aliphatic heterocycles. The lowest BCUT2D eigenvalue weighted by Crippen LogP contribution is -2.95. The van der Waals surface area contributed by atoms with Gasteiger partial charge < -0.3 is 15.1 Å². The third-order valence-corrected chi connectivity index (χ3v) is 2.99. The summed E-state index contributed by atoms with van der Waals surface area (Å²) >= 11 is 17.5. The Hall–Kier alpha value is -0.420. The second-order valence-electron chi connectivity index (χ2n) is 3.86. The van der Waals surface area contributed by atoms with Crippen LogP contribution in [0.5, 0.6) is 0 Å². The normalized spacial score (nSPS) is 13.3. The van der Waals surface area contributed by atoms with Crippen LogP contribution in [-0.4, -0.2) is 15.9 Å². The van der Waals surface area contributed by atoms with Gasteiger partial charge in [-0.15, -0.1) is 0 Å². The molecule has 0 saturated heterocycles. The van der Waals surface area contributed by atoms with Gasteiger partial charge >= 0.3 is 0 Å². The third kappa shape index (κ3) is 5.48. The van der Waals surface area contributed by atoms with Crippen molar-refractivity contribution < 1.29 is 14.5 Å². The Morgan fingerprint density at radius 3 is 2.78 bits per heavy atom. The third-order valence-electron chi connectivity index (χ3n) is 2.28. The van der Waals surface area contributed by atoms with Gasteiger partial charge in [0.2, 0.25) is 12.1 Å². The number of quaternary nitrogens is 1. The van der Waals surface area contributed by atoms with E-state index >= 15 is 0 Å².